The molecule has 0 bridgehead atoms. The van der Waals surface area contributed by atoms with Crippen molar-refractivity contribution in [3.63, 3.8) is 0 Å². The summed E-state index contributed by atoms with van der Waals surface area (Å²) in [5, 5.41) is 0. The average molecular weight is 185 g/mol. The van der Waals surface area contributed by atoms with Gasteiger partial charge in [-0.3, -0.25) is 4.39 Å². The van der Waals surface area contributed by atoms with E-state index in [4.69, 9.17) is 0 Å². The fraction of sp³-hybridized carbons (Fsp3) is 0.857. The molecule has 1 heterocycles. The van der Waals surface area contributed by atoms with Crippen LogP contribution in [0.3, 0.4) is 0 Å². The van der Waals surface area contributed by atoms with Gasteiger partial charge in [0.25, 0.3) is 0 Å². The van der Waals surface area contributed by atoms with Crippen LogP contribution in [0.15, 0.2) is 0 Å². The van der Waals surface area contributed by atoms with Gasteiger partial charge in [-0.15, -0.1) is 0 Å². The van der Waals surface area contributed by atoms with Crippen LogP contribution in [0.2, 0.25) is 0 Å². The summed E-state index contributed by atoms with van der Waals surface area (Å²) in [5.41, 5.74) is 0. The first kappa shape index (κ1) is 14.6. The first-order chi connectivity index (χ1) is 4.86. The van der Waals surface area contributed by atoms with E-state index in [-0.39, 0.29) is 64.0 Å². The standard InChI is InChI=1S/C5H7FNO.C2H6.K/c6-1-5-2-7(3-5)4-8;1-2;/h5H,1-3H2;1-2H3;/q-1;;+1. The molecule has 1 amide bonds. The first-order valence-corrected chi connectivity index (χ1v) is 3.55. The summed E-state index contributed by atoms with van der Waals surface area (Å²) in [4.78, 5) is 11.2. The summed E-state index contributed by atoms with van der Waals surface area (Å²) >= 11 is 0. The van der Waals surface area contributed by atoms with Gasteiger partial charge in [0.05, 0.1) is 6.67 Å². The molecule has 0 N–H and O–H groups in total. The van der Waals surface area contributed by atoms with E-state index < -0.39 is 0 Å². The Bertz CT molecular complexity index is 96.4. The van der Waals surface area contributed by atoms with Crippen LogP contribution in [0.25, 0.3) is 0 Å². The number of nitrogens with zero attached hydrogens (tertiary/aromatic N) is 1. The number of alkyl halides is 1. The van der Waals surface area contributed by atoms with E-state index in [1.54, 1.807) is 6.41 Å². The van der Waals surface area contributed by atoms with Crippen LogP contribution in [0, 0.1) is 5.92 Å². The SMILES string of the molecule is CC.O=[C-]N1CC(CF)C1.[K+]. The van der Waals surface area contributed by atoms with Gasteiger partial charge in [0.2, 0.25) is 0 Å². The Kier molecular flexibility index (Phi) is 12.1. The van der Waals surface area contributed by atoms with Crippen LogP contribution < -0.4 is 51.4 Å². The minimum atomic E-state index is -0.307. The second-order valence-electron chi connectivity index (χ2n) is 2.02. The molecule has 2 nitrogen and oxygen atoms in total. The number of halogens is 1. The van der Waals surface area contributed by atoms with Gasteiger partial charge in [0.15, 0.2) is 0 Å². The number of carbonyl (C=O) groups excluding carboxylic acids is 1. The van der Waals surface area contributed by atoms with Crippen molar-refractivity contribution in [2.75, 3.05) is 19.8 Å². The predicted octanol–water partition coefficient (Wildman–Crippen LogP) is -2.01. The van der Waals surface area contributed by atoms with Crippen molar-refractivity contribution >= 4 is 6.41 Å². The molecule has 0 unspecified atom stereocenters. The molecule has 1 aliphatic heterocycles. The molecule has 0 spiro atoms. The van der Waals surface area contributed by atoms with Crippen molar-refractivity contribution in [2.24, 2.45) is 5.92 Å². The van der Waals surface area contributed by atoms with E-state index in [1.807, 2.05) is 13.8 Å². The Morgan fingerprint density at radius 1 is 1.55 bits per heavy atom. The predicted molar refractivity (Wildman–Crippen MR) is 38.1 cm³/mol. The number of hydrogen-bond acceptors (Lipinski definition) is 1. The van der Waals surface area contributed by atoms with Crippen LogP contribution in [0.4, 0.5) is 4.39 Å². The fourth-order valence-corrected chi connectivity index (χ4v) is 0.742. The van der Waals surface area contributed by atoms with E-state index in [9.17, 15) is 9.18 Å². The van der Waals surface area contributed by atoms with Gasteiger partial charge in [-0.25, -0.2) is 0 Å². The molecule has 60 valence electrons. The summed E-state index contributed by atoms with van der Waals surface area (Å²) in [7, 11) is 0. The van der Waals surface area contributed by atoms with E-state index in [1.165, 1.54) is 4.90 Å². The summed E-state index contributed by atoms with van der Waals surface area (Å²) in [6.07, 6.45) is 1.68. The van der Waals surface area contributed by atoms with Crippen LogP contribution in [0.5, 0.6) is 0 Å². The maximum absolute atomic E-state index is 11.6. The van der Waals surface area contributed by atoms with Crippen molar-refractivity contribution in [2.45, 2.75) is 13.8 Å². The average Bonchev–Trinajstić information content (AvgIpc) is 1.91. The van der Waals surface area contributed by atoms with E-state index in [0.29, 0.717) is 13.1 Å². The van der Waals surface area contributed by atoms with Gasteiger partial charge in [0, 0.05) is 5.92 Å². The molecule has 0 aromatic heterocycles. The Labute approximate surface area is 110 Å². The van der Waals surface area contributed by atoms with Gasteiger partial charge in [0.1, 0.15) is 0 Å². The molecule has 11 heavy (non-hydrogen) atoms. The van der Waals surface area contributed by atoms with Crippen molar-refractivity contribution in [1.82, 2.24) is 4.90 Å². The Balaban J connectivity index is 0. The van der Waals surface area contributed by atoms with Crippen LogP contribution in [-0.4, -0.2) is 31.1 Å². The molecule has 1 aliphatic rings. The number of amides is 1. The number of hydrogen-bond donors (Lipinski definition) is 0. The third kappa shape index (κ3) is 5.30. The Morgan fingerprint density at radius 2 is 2.00 bits per heavy atom. The zero-order chi connectivity index (χ0) is 7.98. The molecule has 4 heteroatoms. The summed E-state index contributed by atoms with van der Waals surface area (Å²) in [5.74, 6) is 0.0939. The molecule has 0 aliphatic carbocycles. The van der Waals surface area contributed by atoms with Crippen molar-refractivity contribution in [3.8, 4) is 0 Å². The smallest absolute Gasteiger partial charge is 0.520 e. The molecule has 0 atom stereocenters. The molecule has 0 radical (unpaired) electrons. The largest absolute Gasteiger partial charge is 1.00 e. The van der Waals surface area contributed by atoms with Crippen molar-refractivity contribution in [1.29, 1.82) is 0 Å². The van der Waals surface area contributed by atoms with E-state index in [0.717, 1.165) is 0 Å². The zero-order valence-corrected chi connectivity index (χ0v) is 10.6. The quantitative estimate of drug-likeness (QED) is 0.359. The molecule has 0 saturated carbocycles. The molecular weight excluding hydrogens is 172 g/mol. The second-order valence-corrected chi connectivity index (χ2v) is 2.02. The maximum atomic E-state index is 11.6. The van der Waals surface area contributed by atoms with Gasteiger partial charge in [-0.2, -0.15) is 6.41 Å². The van der Waals surface area contributed by atoms with E-state index in [2.05, 4.69) is 0 Å². The van der Waals surface area contributed by atoms with Gasteiger partial charge >= 0.3 is 51.4 Å². The summed E-state index contributed by atoms with van der Waals surface area (Å²) in [6.45, 7) is 4.80. The number of rotatable bonds is 2. The summed E-state index contributed by atoms with van der Waals surface area (Å²) in [6, 6.07) is 0. The van der Waals surface area contributed by atoms with Crippen molar-refractivity contribution in [3.05, 3.63) is 0 Å². The van der Waals surface area contributed by atoms with Gasteiger partial charge in [-0.05, 0) is 13.1 Å². The summed E-state index contributed by atoms with van der Waals surface area (Å²) < 4.78 is 11.6. The second kappa shape index (κ2) is 9.13. The monoisotopic (exact) mass is 185 g/mol. The normalized spacial score (nSPS) is 15.4. The number of likely N-dealkylation sites (tertiary alicyclic amines) is 1. The van der Waals surface area contributed by atoms with Crippen LogP contribution in [0.1, 0.15) is 13.8 Å². The van der Waals surface area contributed by atoms with Crippen LogP contribution in [-0.2, 0) is 4.79 Å². The Hall–Kier alpha value is 1.04. The topological polar surface area (TPSA) is 20.3 Å². The van der Waals surface area contributed by atoms with Gasteiger partial charge in [-0.1, -0.05) is 13.8 Å². The minimum absolute atomic E-state index is 0. The van der Waals surface area contributed by atoms with E-state index >= 15 is 0 Å². The Morgan fingerprint density at radius 3 is 2.27 bits per heavy atom. The molecule has 0 aromatic carbocycles. The first-order valence-electron chi connectivity index (χ1n) is 3.55. The minimum Gasteiger partial charge on any atom is -0.520 e. The van der Waals surface area contributed by atoms with Gasteiger partial charge < -0.3 is 9.69 Å². The third-order valence-corrected chi connectivity index (χ3v) is 1.30. The zero-order valence-electron chi connectivity index (χ0n) is 7.43. The fourth-order valence-electron chi connectivity index (χ4n) is 0.742. The molecule has 0 aromatic rings. The van der Waals surface area contributed by atoms with Crippen LogP contribution >= 0.6 is 0 Å². The molecule has 1 fully saturated rings. The third-order valence-electron chi connectivity index (χ3n) is 1.30. The maximum Gasteiger partial charge on any atom is 1.00 e. The molecular formula is C7H13FKNO. The van der Waals surface area contributed by atoms with Crippen molar-refractivity contribution < 1.29 is 60.6 Å². The molecule has 1 rings (SSSR count). The molecule has 1 saturated heterocycles.